The molecule has 0 radical (unpaired) electrons. The van der Waals surface area contributed by atoms with Gasteiger partial charge >= 0.3 is 5.97 Å². The lowest BCUT2D eigenvalue weighted by Crippen LogP contribution is -2.15. The van der Waals surface area contributed by atoms with E-state index in [1.165, 1.54) is 0 Å². The van der Waals surface area contributed by atoms with Crippen LogP contribution in [0.1, 0.15) is 34.0 Å². The number of hydrogen-bond donors (Lipinski definition) is 1. The van der Waals surface area contributed by atoms with E-state index in [0.29, 0.717) is 17.9 Å². The monoisotopic (exact) mass is 373 g/mol. The van der Waals surface area contributed by atoms with Crippen LogP contribution in [0.4, 0.5) is 5.69 Å². The summed E-state index contributed by atoms with van der Waals surface area (Å²) in [4.78, 5) is 24.2. The second-order valence-electron chi connectivity index (χ2n) is 6.53. The number of amides is 1. The van der Waals surface area contributed by atoms with Crippen LogP contribution in [0.5, 0.6) is 5.75 Å². The molecule has 3 aromatic rings. The summed E-state index contributed by atoms with van der Waals surface area (Å²) in [7, 11) is 0. The Morgan fingerprint density at radius 2 is 1.64 bits per heavy atom. The zero-order valence-corrected chi connectivity index (χ0v) is 15.1. The molecule has 0 unspecified atom stereocenters. The highest BCUT2D eigenvalue weighted by Gasteiger charge is 2.31. The van der Waals surface area contributed by atoms with Crippen LogP contribution in [0.15, 0.2) is 78.9 Å². The summed E-state index contributed by atoms with van der Waals surface area (Å²) in [5.74, 6) is 0.126. The van der Waals surface area contributed by atoms with E-state index in [1.54, 1.807) is 24.3 Å². The Hall–Kier alpha value is -3.60. The van der Waals surface area contributed by atoms with Crippen LogP contribution in [0.25, 0.3) is 0 Å². The molecule has 3 aromatic carbocycles. The largest absolute Gasteiger partial charge is 0.489 e. The van der Waals surface area contributed by atoms with Crippen molar-refractivity contribution in [3.05, 3.63) is 95.6 Å². The Kier molecular flexibility index (Phi) is 5.06. The fourth-order valence-electron chi connectivity index (χ4n) is 3.13. The van der Waals surface area contributed by atoms with Crippen LogP contribution in [-0.4, -0.2) is 11.9 Å². The molecule has 5 heteroatoms. The maximum Gasteiger partial charge on any atom is 0.339 e. The predicted octanol–water partition coefficient (Wildman–Crippen LogP) is 4.51. The Balaban J connectivity index is 1.32. The van der Waals surface area contributed by atoms with Gasteiger partial charge in [-0.25, -0.2) is 4.79 Å². The van der Waals surface area contributed by atoms with Crippen molar-refractivity contribution in [1.29, 1.82) is 0 Å². The number of carbonyl (C=O) groups excluding carboxylic acids is 2. The minimum atomic E-state index is -0.544. The quantitative estimate of drug-likeness (QED) is 0.646. The van der Waals surface area contributed by atoms with Crippen molar-refractivity contribution in [2.24, 2.45) is 0 Å². The van der Waals surface area contributed by atoms with Crippen LogP contribution in [-0.2, 0) is 16.1 Å². The predicted molar refractivity (Wildman–Crippen MR) is 105 cm³/mol. The van der Waals surface area contributed by atoms with Crippen LogP contribution in [0.3, 0.4) is 0 Å². The van der Waals surface area contributed by atoms with Crippen LogP contribution >= 0.6 is 0 Å². The van der Waals surface area contributed by atoms with Gasteiger partial charge in [0.2, 0.25) is 5.91 Å². The van der Waals surface area contributed by atoms with Crippen LogP contribution in [0, 0.1) is 0 Å². The van der Waals surface area contributed by atoms with Gasteiger partial charge in [-0.1, -0.05) is 48.5 Å². The molecule has 0 aliphatic carbocycles. The fourth-order valence-corrected chi connectivity index (χ4v) is 3.13. The molecule has 140 valence electrons. The standard InChI is InChI=1S/C23H19NO4/c25-22(14-21-19-8-4-5-9-20(19)23(26)28-21)24-17-10-12-18(13-11-17)27-15-16-6-2-1-3-7-16/h1-13,21H,14-15H2,(H,24,25)/t21-/m1/s1. The minimum absolute atomic E-state index is 0.0784. The van der Waals surface area contributed by atoms with Gasteiger partial charge in [-0.05, 0) is 35.9 Å². The van der Waals surface area contributed by atoms with Gasteiger partial charge in [-0.3, -0.25) is 4.79 Å². The van der Waals surface area contributed by atoms with E-state index in [9.17, 15) is 9.59 Å². The van der Waals surface area contributed by atoms with E-state index in [-0.39, 0.29) is 18.3 Å². The molecule has 5 nitrogen and oxygen atoms in total. The molecule has 0 spiro atoms. The van der Waals surface area contributed by atoms with Crippen LogP contribution < -0.4 is 10.1 Å². The molecule has 0 bridgehead atoms. The summed E-state index contributed by atoms with van der Waals surface area (Å²) >= 11 is 0. The Morgan fingerprint density at radius 3 is 2.43 bits per heavy atom. The number of fused-ring (bicyclic) bond motifs is 1. The SMILES string of the molecule is O=C(C[C@H]1OC(=O)c2ccccc21)Nc1ccc(OCc2ccccc2)cc1. The number of benzene rings is 3. The fraction of sp³-hybridized carbons (Fsp3) is 0.130. The molecule has 28 heavy (non-hydrogen) atoms. The molecule has 1 aliphatic rings. The molecule has 1 heterocycles. The molecule has 0 saturated carbocycles. The topological polar surface area (TPSA) is 64.6 Å². The molecular weight excluding hydrogens is 354 g/mol. The Morgan fingerprint density at radius 1 is 0.929 bits per heavy atom. The maximum atomic E-state index is 12.3. The number of nitrogens with one attached hydrogen (secondary N) is 1. The van der Waals surface area contributed by atoms with E-state index in [4.69, 9.17) is 9.47 Å². The van der Waals surface area contributed by atoms with Gasteiger partial charge in [0.1, 0.15) is 18.5 Å². The van der Waals surface area contributed by atoms with Gasteiger partial charge in [-0.15, -0.1) is 0 Å². The molecule has 1 amide bonds. The van der Waals surface area contributed by atoms with Crippen molar-refractivity contribution in [2.75, 3.05) is 5.32 Å². The molecule has 0 saturated heterocycles. The molecule has 0 aromatic heterocycles. The Labute approximate surface area is 162 Å². The van der Waals surface area contributed by atoms with E-state index in [2.05, 4.69) is 5.32 Å². The molecule has 4 rings (SSSR count). The highest BCUT2D eigenvalue weighted by molar-refractivity contribution is 5.96. The number of hydrogen-bond acceptors (Lipinski definition) is 4. The first kappa shape index (κ1) is 17.8. The van der Waals surface area contributed by atoms with Gasteiger partial charge in [0.15, 0.2) is 0 Å². The van der Waals surface area contributed by atoms with Crippen molar-refractivity contribution in [2.45, 2.75) is 19.1 Å². The van der Waals surface area contributed by atoms with E-state index in [1.807, 2.05) is 54.6 Å². The van der Waals surface area contributed by atoms with Gasteiger partial charge < -0.3 is 14.8 Å². The lowest BCUT2D eigenvalue weighted by Gasteiger charge is -2.12. The second kappa shape index (κ2) is 7.96. The number of esters is 1. The summed E-state index contributed by atoms with van der Waals surface area (Å²) in [5.41, 5.74) is 3.04. The number of ether oxygens (including phenoxy) is 2. The number of cyclic esters (lactones) is 1. The summed E-state index contributed by atoms with van der Waals surface area (Å²) in [6.07, 6.45) is -0.466. The highest BCUT2D eigenvalue weighted by Crippen LogP contribution is 2.33. The van der Waals surface area contributed by atoms with Crippen molar-refractivity contribution in [1.82, 2.24) is 0 Å². The Bertz CT molecular complexity index is 983. The minimum Gasteiger partial charge on any atom is -0.489 e. The zero-order valence-electron chi connectivity index (χ0n) is 15.1. The molecule has 1 atom stereocenters. The lowest BCUT2D eigenvalue weighted by molar-refractivity contribution is -0.118. The summed E-state index contributed by atoms with van der Waals surface area (Å²) in [6.45, 7) is 0.485. The first-order valence-corrected chi connectivity index (χ1v) is 9.05. The second-order valence-corrected chi connectivity index (χ2v) is 6.53. The van der Waals surface area contributed by atoms with E-state index in [0.717, 1.165) is 16.9 Å². The first-order valence-electron chi connectivity index (χ1n) is 9.05. The van der Waals surface area contributed by atoms with Crippen molar-refractivity contribution >= 4 is 17.6 Å². The van der Waals surface area contributed by atoms with Crippen molar-refractivity contribution in [3.63, 3.8) is 0 Å². The third kappa shape index (κ3) is 4.04. The zero-order chi connectivity index (χ0) is 19.3. The molecule has 1 N–H and O–H groups in total. The van der Waals surface area contributed by atoms with Gasteiger partial charge in [0.05, 0.1) is 12.0 Å². The van der Waals surface area contributed by atoms with Crippen LogP contribution in [0.2, 0.25) is 0 Å². The number of anilines is 1. The smallest absolute Gasteiger partial charge is 0.339 e. The molecule has 0 fully saturated rings. The van der Waals surface area contributed by atoms with Crippen molar-refractivity contribution < 1.29 is 19.1 Å². The average molecular weight is 373 g/mol. The maximum absolute atomic E-state index is 12.3. The third-order valence-corrected chi connectivity index (χ3v) is 4.53. The first-order chi connectivity index (χ1) is 13.7. The van der Waals surface area contributed by atoms with Crippen molar-refractivity contribution in [3.8, 4) is 5.75 Å². The third-order valence-electron chi connectivity index (χ3n) is 4.53. The van der Waals surface area contributed by atoms with E-state index < -0.39 is 6.10 Å². The normalized spacial score (nSPS) is 14.9. The molecule has 1 aliphatic heterocycles. The number of rotatable bonds is 6. The van der Waals surface area contributed by atoms with Gasteiger partial charge in [-0.2, -0.15) is 0 Å². The summed E-state index contributed by atoms with van der Waals surface area (Å²) in [5, 5.41) is 2.83. The summed E-state index contributed by atoms with van der Waals surface area (Å²) < 4.78 is 11.1. The average Bonchev–Trinajstić information content (AvgIpc) is 3.04. The molecular formula is C23H19NO4. The van der Waals surface area contributed by atoms with E-state index >= 15 is 0 Å². The lowest BCUT2D eigenvalue weighted by atomic mass is 10.0. The highest BCUT2D eigenvalue weighted by atomic mass is 16.5. The number of carbonyl (C=O) groups is 2. The van der Waals surface area contributed by atoms with Gasteiger partial charge in [0, 0.05) is 11.3 Å². The summed E-state index contributed by atoms with van der Waals surface area (Å²) in [6, 6.07) is 24.2. The van der Waals surface area contributed by atoms with Gasteiger partial charge in [0.25, 0.3) is 0 Å².